The second-order valence-corrected chi connectivity index (χ2v) is 3.77. The fourth-order valence-corrected chi connectivity index (χ4v) is 1.41. The summed E-state index contributed by atoms with van der Waals surface area (Å²) >= 11 is 0. The molecule has 0 aliphatic carbocycles. The Labute approximate surface area is 112 Å². The molecule has 0 saturated carbocycles. The summed E-state index contributed by atoms with van der Waals surface area (Å²) in [4.78, 5) is 26.9. The summed E-state index contributed by atoms with van der Waals surface area (Å²) in [5, 5.41) is 2.94. The van der Waals surface area contributed by atoms with E-state index in [0.717, 1.165) is 0 Å². The normalized spacial score (nSPS) is 11.5. The van der Waals surface area contributed by atoms with E-state index in [0.29, 0.717) is 12.3 Å². The molecule has 0 radical (unpaired) electrons. The van der Waals surface area contributed by atoms with E-state index >= 15 is 0 Å². The number of esters is 2. The SMILES string of the molecule is CCOC(=O)c1cc(N[C@@H](C)C(=O)OCC)ccn1. The van der Waals surface area contributed by atoms with Crippen LogP contribution in [0.1, 0.15) is 31.3 Å². The molecular formula is C13H18N2O4. The van der Waals surface area contributed by atoms with Crippen molar-refractivity contribution >= 4 is 17.6 Å². The van der Waals surface area contributed by atoms with E-state index in [-0.39, 0.29) is 18.3 Å². The molecule has 6 nitrogen and oxygen atoms in total. The van der Waals surface area contributed by atoms with Crippen LogP contribution in [-0.4, -0.2) is 36.2 Å². The number of hydrogen-bond donors (Lipinski definition) is 1. The second kappa shape index (κ2) is 7.35. The minimum Gasteiger partial charge on any atom is -0.464 e. The highest BCUT2D eigenvalue weighted by molar-refractivity contribution is 5.88. The minimum absolute atomic E-state index is 0.197. The predicted molar refractivity (Wildman–Crippen MR) is 69.9 cm³/mol. The standard InChI is InChI=1S/C13H18N2O4/c1-4-18-12(16)9(3)15-10-6-7-14-11(8-10)13(17)19-5-2/h6-9H,4-5H2,1-3H3,(H,14,15)/t9-/m0/s1. The Bertz CT molecular complexity index is 448. The van der Waals surface area contributed by atoms with Gasteiger partial charge in [-0.2, -0.15) is 0 Å². The lowest BCUT2D eigenvalue weighted by atomic mass is 10.2. The predicted octanol–water partition coefficient (Wildman–Crippen LogP) is 1.62. The highest BCUT2D eigenvalue weighted by atomic mass is 16.5. The maximum atomic E-state index is 11.5. The first-order valence-electron chi connectivity index (χ1n) is 6.14. The van der Waals surface area contributed by atoms with E-state index in [1.807, 2.05) is 0 Å². The van der Waals surface area contributed by atoms with Gasteiger partial charge in [0.05, 0.1) is 13.2 Å². The van der Waals surface area contributed by atoms with Crippen molar-refractivity contribution in [3.05, 3.63) is 24.0 Å². The molecule has 0 aliphatic rings. The van der Waals surface area contributed by atoms with Crippen LogP contribution in [-0.2, 0) is 14.3 Å². The number of nitrogens with zero attached hydrogens (tertiary/aromatic N) is 1. The van der Waals surface area contributed by atoms with Gasteiger partial charge in [-0.15, -0.1) is 0 Å². The van der Waals surface area contributed by atoms with Crippen LogP contribution in [0.5, 0.6) is 0 Å². The highest BCUT2D eigenvalue weighted by Gasteiger charge is 2.15. The molecule has 104 valence electrons. The van der Waals surface area contributed by atoms with Gasteiger partial charge in [-0.05, 0) is 32.9 Å². The number of rotatable bonds is 6. The Balaban J connectivity index is 2.71. The summed E-state index contributed by atoms with van der Waals surface area (Å²) in [6, 6.07) is 2.70. The van der Waals surface area contributed by atoms with E-state index in [1.165, 1.54) is 12.3 Å². The summed E-state index contributed by atoms with van der Waals surface area (Å²) in [5.41, 5.74) is 0.807. The Kier molecular flexibility index (Phi) is 5.78. The van der Waals surface area contributed by atoms with E-state index in [2.05, 4.69) is 10.3 Å². The van der Waals surface area contributed by atoms with Gasteiger partial charge in [0.1, 0.15) is 11.7 Å². The average Bonchev–Trinajstić information content (AvgIpc) is 2.39. The first-order chi connectivity index (χ1) is 9.08. The molecule has 1 aromatic rings. The molecule has 0 aromatic carbocycles. The zero-order valence-corrected chi connectivity index (χ0v) is 11.3. The third-order valence-electron chi connectivity index (χ3n) is 2.27. The molecule has 0 aliphatic heterocycles. The van der Waals surface area contributed by atoms with E-state index < -0.39 is 12.0 Å². The van der Waals surface area contributed by atoms with Crippen LogP contribution in [0.2, 0.25) is 0 Å². The number of pyridine rings is 1. The summed E-state index contributed by atoms with van der Waals surface area (Å²) in [5.74, 6) is -0.841. The molecule has 0 spiro atoms. The number of aromatic nitrogens is 1. The highest BCUT2D eigenvalue weighted by Crippen LogP contribution is 2.11. The van der Waals surface area contributed by atoms with Gasteiger partial charge >= 0.3 is 11.9 Å². The van der Waals surface area contributed by atoms with Gasteiger partial charge in [-0.25, -0.2) is 14.6 Å². The number of carbonyl (C=O) groups excluding carboxylic acids is 2. The van der Waals surface area contributed by atoms with Crippen LogP contribution in [0.25, 0.3) is 0 Å². The van der Waals surface area contributed by atoms with E-state index in [1.54, 1.807) is 26.8 Å². The third kappa shape index (κ3) is 4.57. The monoisotopic (exact) mass is 266 g/mol. The largest absolute Gasteiger partial charge is 0.464 e. The lowest BCUT2D eigenvalue weighted by molar-refractivity contribution is -0.143. The van der Waals surface area contributed by atoms with Crippen molar-refractivity contribution in [2.75, 3.05) is 18.5 Å². The third-order valence-corrected chi connectivity index (χ3v) is 2.27. The van der Waals surface area contributed by atoms with Gasteiger partial charge in [-0.3, -0.25) is 0 Å². The van der Waals surface area contributed by atoms with Crippen molar-refractivity contribution in [1.82, 2.24) is 4.98 Å². The summed E-state index contributed by atoms with van der Waals surface area (Å²) < 4.78 is 9.74. The summed E-state index contributed by atoms with van der Waals surface area (Å²) in [7, 11) is 0. The van der Waals surface area contributed by atoms with Gasteiger partial charge < -0.3 is 14.8 Å². The molecule has 0 saturated heterocycles. The average molecular weight is 266 g/mol. The first-order valence-corrected chi connectivity index (χ1v) is 6.14. The van der Waals surface area contributed by atoms with Gasteiger partial charge in [-0.1, -0.05) is 0 Å². The molecule has 0 fully saturated rings. The maximum absolute atomic E-state index is 11.5. The number of ether oxygens (including phenoxy) is 2. The van der Waals surface area contributed by atoms with Crippen LogP contribution in [0.3, 0.4) is 0 Å². The molecule has 0 amide bonds. The van der Waals surface area contributed by atoms with Gasteiger partial charge in [0.2, 0.25) is 0 Å². The topological polar surface area (TPSA) is 77.5 Å². The molecule has 1 aromatic heterocycles. The molecule has 1 atom stereocenters. The molecule has 0 bridgehead atoms. The van der Waals surface area contributed by atoms with Crippen LogP contribution in [0.4, 0.5) is 5.69 Å². The van der Waals surface area contributed by atoms with Crippen molar-refractivity contribution < 1.29 is 19.1 Å². The minimum atomic E-state index is -0.502. The van der Waals surface area contributed by atoms with Crippen molar-refractivity contribution in [2.24, 2.45) is 0 Å². The number of hydrogen-bond acceptors (Lipinski definition) is 6. The number of carbonyl (C=O) groups is 2. The Morgan fingerprint density at radius 1 is 1.32 bits per heavy atom. The van der Waals surface area contributed by atoms with Crippen LogP contribution >= 0.6 is 0 Å². The Morgan fingerprint density at radius 2 is 2.00 bits per heavy atom. The fraction of sp³-hybridized carbons (Fsp3) is 0.462. The van der Waals surface area contributed by atoms with Crippen molar-refractivity contribution in [2.45, 2.75) is 26.8 Å². The van der Waals surface area contributed by atoms with Crippen molar-refractivity contribution in [3.63, 3.8) is 0 Å². The maximum Gasteiger partial charge on any atom is 0.356 e. The molecule has 1 heterocycles. The fourth-order valence-electron chi connectivity index (χ4n) is 1.41. The quantitative estimate of drug-likeness (QED) is 0.788. The van der Waals surface area contributed by atoms with Crippen LogP contribution in [0.15, 0.2) is 18.3 Å². The lowest BCUT2D eigenvalue weighted by Gasteiger charge is -2.14. The molecular weight excluding hydrogens is 248 g/mol. The van der Waals surface area contributed by atoms with E-state index in [4.69, 9.17) is 9.47 Å². The summed E-state index contributed by atoms with van der Waals surface area (Å²) in [6.07, 6.45) is 1.48. The second-order valence-electron chi connectivity index (χ2n) is 3.77. The zero-order valence-electron chi connectivity index (χ0n) is 11.3. The van der Waals surface area contributed by atoms with Crippen LogP contribution in [0, 0.1) is 0 Å². The summed E-state index contributed by atoms with van der Waals surface area (Å²) in [6.45, 7) is 5.77. The molecule has 0 unspecified atom stereocenters. The Hall–Kier alpha value is -2.11. The van der Waals surface area contributed by atoms with Crippen molar-refractivity contribution in [1.29, 1.82) is 0 Å². The molecule has 1 rings (SSSR count). The molecule has 1 N–H and O–H groups in total. The number of anilines is 1. The number of nitrogens with one attached hydrogen (secondary N) is 1. The smallest absolute Gasteiger partial charge is 0.356 e. The molecule has 19 heavy (non-hydrogen) atoms. The van der Waals surface area contributed by atoms with E-state index in [9.17, 15) is 9.59 Å². The van der Waals surface area contributed by atoms with Crippen molar-refractivity contribution in [3.8, 4) is 0 Å². The lowest BCUT2D eigenvalue weighted by Crippen LogP contribution is -2.28. The first kappa shape index (κ1) is 14.9. The van der Waals surface area contributed by atoms with Gasteiger partial charge in [0, 0.05) is 11.9 Å². The van der Waals surface area contributed by atoms with Gasteiger partial charge in [0.25, 0.3) is 0 Å². The van der Waals surface area contributed by atoms with Crippen LogP contribution < -0.4 is 5.32 Å². The Morgan fingerprint density at radius 3 is 2.63 bits per heavy atom. The molecule has 6 heteroatoms. The zero-order chi connectivity index (χ0) is 14.3. The van der Waals surface area contributed by atoms with Gasteiger partial charge in [0.15, 0.2) is 0 Å².